The largest absolute Gasteiger partial charge is 0.278 e. The molecule has 0 amide bonds. The zero-order valence-electron chi connectivity index (χ0n) is 17.7. The van der Waals surface area contributed by atoms with Crippen LogP contribution in [0.3, 0.4) is 0 Å². The van der Waals surface area contributed by atoms with Crippen LogP contribution in [0.2, 0.25) is 5.02 Å². The SMILES string of the molecule is Cc1cc2[nH]ncc2c(-c2c(-c3ccc4cnn(C)c4c3)nn(C(C)C)c2C)c1Cl. The van der Waals surface area contributed by atoms with Crippen molar-refractivity contribution in [2.24, 2.45) is 7.05 Å². The Morgan fingerprint density at radius 3 is 2.63 bits per heavy atom. The van der Waals surface area contributed by atoms with E-state index < -0.39 is 0 Å². The lowest BCUT2D eigenvalue weighted by atomic mass is 9.94. The van der Waals surface area contributed by atoms with Gasteiger partial charge in [0, 0.05) is 46.2 Å². The normalized spacial score (nSPS) is 12.0. The maximum absolute atomic E-state index is 6.89. The van der Waals surface area contributed by atoms with Crippen molar-refractivity contribution in [3.63, 3.8) is 0 Å². The standard InChI is InChI=1S/C23H23ClN6/c1-12(2)30-14(4)20(21-17-11-25-27-18(17)8-13(3)22(21)24)23(28-30)15-6-7-16-10-26-29(5)19(16)9-15/h6-12H,1-5H3,(H,25,27). The van der Waals surface area contributed by atoms with Crippen molar-refractivity contribution >= 4 is 33.4 Å². The van der Waals surface area contributed by atoms with Gasteiger partial charge in [-0.15, -0.1) is 0 Å². The highest BCUT2D eigenvalue weighted by Gasteiger charge is 2.24. The van der Waals surface area contributed by atoms with Crippen molar-refractivity contribution in [2.75, 3.05) is 0 Å². The highest BCUT2D eigenvalue weighted by Crippen LogP contribution is 2.44. The first kappa shape index (κ1) is 18.9. The molecule has 0 atom stereocenters. The molecule has 0 bridgehead atoms. The maximum atomic E-state index is 6.89. The van der Waals surface area contributed by atoms with E-state index in [4.69, 9.17) is 16.7 Å². The second-order valence-electron chi connectivity index (χ2n) is 8.10. The molecule has 3 aromatic heterocycles. The molecule has 2 aromatic carbocycles. The number of hydrogen-bond donors (Lipinski definition) is 1. The molecule has 152 valence electrons. The van der Waals surface area contributed by atoms with Gasteiger partial charge in [0.2, 0.25) is 0 Å². The molecule has 3 heterocycles. The molecule has 6 nitrogen and oxygen atoms in total. The van der Waals surface area contributed by atoms with Crippen LogP contribution < -0.4 is 0 Å². The number of fused-ring (bicyclic) bond motifs is 2. The van der Waals surface area contributed by atoms with Crippen LogP contribution in [0.5, 0.6) is 0 Å². The van der Waals surface area contributed by atoms with Gasteiger partial charge in [0.1, 0.15) is 5.69 Å². The fourth-order valence-electron chi connectivity index (χ4n) is 4.26. The van der Waals surface area contributed by atoms with E-state index in [1.54, 1.807) is 0 Å². The first-order valence-electron chi connectivity index (χ1n) is 10.0. The fraction of sp³-hybridized carbons (Fsp3) is 0.261. The first-order chi connectivity index (χ1) is 14.4. The Morgan fingerprint density at radius 1 is 1.07 bits per heavy atom. The summed E-state index contributed by atoms with van der Waals surface area (Å²) in [7, 11) is 1.96. The molecule has 0 unspecified atom stereocenters. The molecule has 5 rings (SSSR count). The Bertz CT molecular complexity index is 1420. The topological polar surface area (TPSA) is 64.3 Å². The van der Waals surface area contributed by atoms with Crippen molar-refractivity contribution in [3.05, 3.63) is 52.9 Å². The third-order valence-electron chi connectivity index (χ3n) is 5.78. The van der Waals surface area contributed by atoms with Gasteiger partial charge in [0.05, 0.1) is 28.4 Å². The molecule has 0 aliphatic heterocycles. The van der Waals surface area contributed by atoms with Crippen molar-refractivity contribution in [1.29, 1.82) is 0 Å². The van der Waals surface area contributed by atoms with Crippen LogP contribution in [0.15, 0.2) is 36.7 Å². The number of H-pyrrole nitrogens is 1. The van der Waals surface area contributed by atoms with Gasteiger partial charge in [-0.1, -0.05) is 23.7 Å². The van der Waals surface area contributed by atoms with Crippen LogP contribution in [-0.4, -0.2) is 29.8 Å². The van der Waals surface area contributed by atoms with Gasteiger partial charge in [0.15, 0.2) is 0 Å². The predicted octanol–water partition coefficient (Wildman–Crippen LogP) is 5.83. The molecule has 0 radical (unpaired) electrons. The lowest BCUT2D eigenvalue weighted by Gasteiger charge is -2.12. The Kier molecular flexibility index (Phi) is 4.22. The molecule has 0 aliphatic rings. The summed E-state index contributed by atoms with van der Waals surface area (Å²) in [6, 6.07) is 8.61. The van der Waals surface area contributed by atoms with Crippen molar-refractivity contribution in [1.82, 2.24) is 29.8 Å². The Balaban J connectivity index is 1.88. The molecule has 1 N–H and O–H groups in total. The van der Waals surface area contributed by atoms with Gasteiger partial charge in [0.25, 0.3) is 0 Å². The second kappa shape index (κ2) is 6.71. The number of aromatic amines is 1. The lowest BCUT2D eigenvalue weighted by Crippen LogP contribution is -2.04. The Labute approximate surface area is 179 Å². The van der Waals surface area contributed by atoms with Gasteiger partial charge >= 0.3 is 0 Å². The van der Waals surface area contributed by atoms with Gasteiger partial charge in [-0.2, -0.15) is 15.3 Å². The third kappa shape index (κ3) is 2.67. The van der Waals surface area contributed by atoms with Crippen molar-refractivity contribution in [3.8, 4) is 22.4 Å². The van der Waals surface area contributed by atoms with E-state index >= 15 is 0 Å². The van der Waals surface area contributed by atoms with Crippen LogP contribution in [0.4, 0.5) is 0 Å². The molecular weight excluding hydrogens is 396 g/mol. The molecule has 7 heteroatoms. The predicted molar refractivity (Wildman–Crippen MR) is 122 cm³/mol. The summed E-state index contributed by atoms with van der Waals surface area (Å²) >= 11 is 6.89. The molecule has 0 fully saturated rings. The maximum Gasteiger partial charge on any atom is 0.101 e. The summed E-state index contributed by atoms with van der Waals surface area (Å²) < 4.78 is 3.96. The highest BCUT2D eigenvalue weighted by atomic mass is 35.5. The summed E-state index contributed by atoms with van der Waals surface area (Å²) in [5, 5.41) is 19.6. The van der Waals surface area contributed by atoms with Gasteiger partial charge in [-0.3, -0.25) is 14.5 Å². The summed E-state index contributed by atoms with van der Waals surface area (Å²) in [4.78, 5) is 0. The smallest absolute Gasteiger partial charge is 0.101 e. The molecule has 0 saturated heterocycles. The number of aryl methyl sites for hydroxylation is 2. The average molecular weight is 419 g/mol. The van der Waals surface area contributed by atoms with E-state index in [0.717, 1.165) is 60.5 Å². The van der Waals surface area contributed by atoms with Crippen LogP contribution in [0.25, 0.3) is 44.2 Å². The van der Waals surface area contributed by atoms with E-state index in [9.17, 15) is 0 Å². The van der Waals surface area contributed by atoms with Crippen LogP contribution in [-0.2, 0) is 7.05 Å². The number of nitrogens with one attached hydrogen (secondary N) is 1. The number of nitrogens with zero attached hydrogens (tertiary/aromatic N) is 5. The molecule has 0 spiro atoms. The van der Waals surface area contributed by atoms with E-state index in [-0.39, 0.29) is 6.04 Å². The highest BCUT2D eigenvalue weighted by molar-refractivity contribution is 6.36. The van der Waals surface area contributed by atoms with Crippen LogP contribution in [0, 0.1) is 13.8 Å². The second-order valence-corrected chi connectivity index (χ2v) is 8.48. The zero-order valence-corrected chi connectivity index (χ0v) is 18.4. The third-order valence-corrected chi connectivity index (χ3v) is 6.26. The number of halogens is 1. The van der Waals surface area contributed by atoms with E-state index in [0.29, 0.717) is 0 Å². The molecular formula is C23H23ClN6. The van der Waals surface area contributed by atoms with E-state index in [1.165, 1.54) is 0 Å². The fourth-order valence-corrected chi connectivity index (χ4v) is 4.51. The number of hydrogen-bond acceptors (Lipinski definition) is 3. The molecule has 30 heavy (non-hydrogen) atoms. The summed E-state index contributed by atoms with van der Waals surface area (Å²) in [5.41, 5.74) is 8.11. The molecule has 0 saturated carbocycles. The first-order valence-corrected chi connectivity index (χ1v) is 10.4. The monoisotopic (exact) mass is 418 g/mol. The van der Waals surface area contributed by atoms with E-state index in [1.807, 2.05) is 37.1 Å². The Morgan fingerprint density at radius 2 is 1.87 bits per heavy atom. The van der Waals surface area contributed by atoms with Crippen molar-refractivity contribution in [2.45, 2.75) is 33.7 Å². The Hall–Kier alpha value is -3.12. The van der Waals surface area contributed by atoms with E-state index in [2.05, 4.69) is 58.9 Å². The average Bonchev–Trinajstić information content (AvgIpc) is 3.41. The number of rotatable bonds is 3. The summed E-state index contributed by atoms with van der Waals surface area (Å²) in [6.07, 6.45) is 3.72. The quantitative estimate of drug-likeness (QED) is 0.400. The number of benzene rings is 2. The zero-order chi connectivity index (χ0) is 21.2. The minimum absolute atomic E-state index is 0.223. The number of aromatic nitrogens is 6. The minimum Gasteiger partial charge on any atom is -0.278 e. The van der Waals surface area contributed by atoms with Gasteiger partial charge in [-0.05, 0) is 45.4 Å². The minimum atomic E-state index is 0.223. The lowest BCUT2D eigenvalue weighted by molar-refractivity contribution is 0.521. The molecule has 0 aliphatic carbocycles. The van der Waals surface area contributed by atoms with Crippen LogP contribution >= 0.6 is 11.6 Å². The van der Waals surface area contributed by atoms with Gasteiger partial charge < -0.3 is 0 Å². The van der Waals surface area contributed by atoms with Gasteiger partial charge in [-0.25, -0.2) is 0 Å². The summed E-state index contributed by atoms with van der Waals surface area (Å²) in [6.45, 7) is 8.42. The van der Waals surface area contributed by atoms with Crippen molar-refractivity contribution < 1.29 is 0 Å². The summed E-state index contributed by atoms with van der Waals surface area (Å²) in [5.74, 6) is 0. The van der Waals surface area contributed by atoms with Crippen LogP contribution in [0.1, 0.15) is 31.1 Å². The molecule has 5 aromatic rings.